The van der Waals surface area contributed by atoms with Crippen LogP contribution in [-0.2, 0) is 4.79 Å². The summed E-state index contributed by atoms with van der Waals surface area (Å²) in [6.45, 7) is 5.98. The molecule has 1 amide bonds. The molecule has 2 rings (SSSR count). The molecule has 0 aromatic rings. The molecule has 17 heavy (non-hydrogen) atoms. The zero-order chi connectivity index (χ0) is 12.3. The number of hydrogen-bond acceptors (Lipinski definition) is 4. The molecule has 0 spiro atoms. The van der Waals surface area contributed by atoms with E-state index in [0.29, 0.717) is 6.04 Å². The Labute approximate surface area is 108 Å². The van der Waals surface area contributed by atoms with Gasteiger partial charge in [0, 0.05) is 43.7 Å². The van der Waals surface area contributed by atoms with Gasteiger partial charge in [0.25, 0.3) is 0 Å². The number of carbonyl (C=O) groups is 1. The summed E-state index contributed by atoms with van der Waals surface area (Å²) in [5.74, 6) is 2.63. The first-order chi connectivity index (χ1) is 8.18. The number of hydrogen-bond donors (Lipinski definition) is 1. The Morgan fingerprint density at radius 2 is 1.82 bits per heavy atom. The number of piperidine rings is 1. The highest BCUT2D eigenvalue weighted by atomic mass is 32.2. The third-order valence-corrected chi connectivity index (χ3v) is 4.67. The molecule has 2 aliphatic rings. The molecule has 2 N–H and O–H groups in total. The van der Waals surface area contributed by atoms with E-state index in [0.717, 1.165) is 25.9 Å². The molecule has 0 unspecified atom stereocenters. The van der Waals surface area contributed by atoms with Crippen LogP contribution < -0.4 is 5.73 Å². The molecule has 2 saturated heterocycles. The van der Waals surface area contributed by atoms with Crippen molar-refractivity contribution < 1.29 is 4.79 Å². The predicted molar refractivity (Wildman–Crippen MR) is 72.1 cm³/mol. The van der Waals surface area contributed by atoms with Gasteiger partial charge in [0.2, 0.25) is 5.91 Å². The van der Waals surface area contributed by atoms with Crippen molar-refractivity contribution in [3.05, 3.63) is 0 Å². The van der Waals surface area contributed by atoms with Gasteiger partial charge in [-0.3, -0.25) is 9.69 Å². The van der Waals surface area contributed by atoms with Gasteiger partial charge in [-0.25, -0.2) is 0 Å². The molecule has 2 fully saturated rings. The quantitative estimate of drug-likeness (QED) is 0.777. The van der Waals surface area contributed by atoms with Crippen LogP contribution in [0.15, 0.2) is 0 Å². The lowest BCUT2D eigenvalue weighted by Gasteiger charge is -2.40. The van der Waals surface area contributed by atoms with Gasteiger partial charge in [-0.15, -0.1) is 0 Å². The fraction of sp³-hybridized carbons (Fsp3) is 0.917. The SMILES string of the molecule is C[C@H](N)C(=O)N1CCC(N2CCSCC2)CC1. The normalized spacial score (nSPS) is 25.9. The van der Waals surface area contributed by atoms with Crippen LogP contribution in [0, 0.1) is 0 Å². The van der Waals surface area contributed by atoms with Crippen molar-refractivity contribution in [2.24, 2.45) is 5.73 Å². The Morgan fingerprint density at radius 1 is 1.24 bits per heavy atom. The first kappa shape index (κ1) is 13.2. The summed E-state index contributed by atoms with van der Waals surface area (Å²) in [4.78, 5) is 16.3. The van der Waals surface area contributed by atoms with E-state index in [9.17, 15) is 4.79 Å². The van der Waals surface area contributed by atoms with Crippen LogP contribution in [0.4, 0.5) is 0 Å². The number of carbonyl (C=O) groups excluding carboxylic acids is 1. The second-order valence-corrected chi connectivity index (χ2v) is 6.22. The van der Waals surface area contributed by atoms with Crippen LogP contribution in [0.25, 0.3) is 0 Å². The Morgan fingerprint density at radius 3 is 2.35 bits per heavy atom. The highest BCUT2D eigenvalue weighted by Gasteiger charge is 2.28. The maximum absolute atomic E-state index is 11.8. The lowest BCUT2D eigenvalue weighted by Crippen LogP contribution is -2.51. The molecular formula is C12H23N3OS. The molecule has 0 bridgehead atoms. The van der Waals surface area contributed by atoms with Gasteiger partial charge in [-0.1, -0.05) is 0 Å². The van der Waals surface area contributed by atoms with E-state index < -0.39 is 0 Å². The minimum absolute atomic E-state index is 0.109. The molecule has 0 aliphatic carbocycles. The van der Waals surface area contributed by atoms with Gasteiger partial charge >= 0.3 is 0 Å². The van der Waals surface area contributed by atoms with E-state index in [1.807, 2.05) is 16.7 Å². The zero-order valence-corrected chi connectivity index (χ0v) is 11.4. The summed E-state index contributed by atoms with van der Waals surface area (Å²) >= 11 is 2.05. The Bertz CT molecular complexity index is 258. The fourth-order valence-corrected chi connectivity index (χ4v) is 3.61. The Kier molecular flexibility index (Phi) is 4.70. The number of nitrogens with two attached hydrogens (primary N) is 1. The third kappa shape index (κ3) is 3.36. The van der Waals surface area contributed by atoms with E-state index in [4.69, 9.17) is 5.73 Å². The second-order valence-electron chi connectivity index (χ2n) is 4.99. The topological polar surface area (TPSA) is 49.6 Å². The summed E-state index contributed by atoms with van der Waals surface area (Å²) in [5, 5.41) is 0. The van der Waals surface area contributed by atoms with Gasteiger partial charge in [0.15, 0.2) is 0 Å². The van der Waals surface area contributed by atoms with Crippen molar-refractivity contribution in [2.45, 2.75) is 31.8 Å². The van der Waals surface area contributed by atoms with Crippen molar-refractivity contribution in [3.63, 3.8) is 0 Å². The van der Waals surface area contributed by atoms with Crippen molar-refractivity contribution in [3.8, 4) is 0 Å². The van der Waals surface area contributed by atoms with Crippen LogP contribution in [0.2, 0.25) is 0 Å². The molecule has 0 aromatic heterocycles. The lowest BCUT2D eigenvalue weighted by molar-refractivity contribution is -0.133. The summed E-state index contributed by atoms with van der Waals surface area (Å²) in [5.41, 5.74) is 5.64. The largest absolute Gasteiger partial charge is 0.341 e. The Hall–Kier alpha value is -0.260. The molecule has 4 nitrogen and oxygen atoms in total. The molecule has 5 heteroatoms. The first-order valence-corrected chi connectivity index (χ1v) is 7.70. The van der Waals surface area contributed by atoms with Crippen molar-refractivity contribution in [1.29, 1.82) is 0 Å². The summed E-state index contributed by atoms with van der Waals surface area (Å²) in [7, 11) is 0. The highest BCUT2D eigenvalue weighted by Crippen LogP contribution is 2.20. The number of likely N-dealkylation sites (tertiary alicyclic amines) is 1. The van der Waals surface area contributed by atoms with Crippen LogP contribution >= 0.6 is 11.8 Å². The van der Waals surface area contributed by atoms with Gasteiger partial charge in [-0.2, -0.15) is 11.8 Å². The average Bonchev–Trinajstić information content (AvgIpc) is 2.39. The van der Waals surface area contributed by atoms with E-state index in [-0.39, 0.29) is 11.9 Å². The summed E-state index contributed by atoms with van der Waals surface area (Å²) < 4.78 is 0. The third-order valence-electron chi connectivity index (χ3n) is 3.73. The molecule has 2 heterocycles. The minimum atomic E-state index is -0.349. The number of thioether (sulfide) groups is 1. The highest BCUT2D eigenvalue weighted by molar-refractivity contribution is 7.99. The van der Waals surface area contributed by atoms with Gasteiger partial charge < -0.3 is 10.6 Å². The molecule has 1 atom stereocenters. The van der Waals surface area contributed by atoms with Crippen molar-refractivity contribution in [2.75, 3.05) is 37.7 Å². The molecular weight excluding hydrogens is 234 g/mol. The number of nitrogens with zero attached hydrogens (tertiary/aromatic N) is 2. The van der Waals surface area contributed by atoms with Crippen LogP contribution in [0.5, 0.6) is 0 Å². The maximum Gasteiger partial charge on any atom is 0.239 e. The zero-order valence-electron chi connectivity index (χ0n) is 10.6. The summed E-state index contributed by atoms with van der Waals surface area (Å²) in [6.07, 6.45) is 2.23. The van der Waals surface area contributed by atoms with Gasteiger partial charge in [-0.05, 0) is 19.8 Å². The molecule has 2 aliphatic heterocycles. The fourth-order valence-electron chi connectivity index (χ4n) is 2.68. The Balaban J connectivity index is 1.79. The van der Waals surface area contributed by atoms with E-state index in [1.165, 1.54) is 24.6 Å². The van der Waals surface area contributed by atoms with Crippen LogP contribution in [0.3, 0.4) is 0 Å². The minimum Gasteiger partial charge on any atom is -0.341 e. The van der Waals surface area contributed by atoms with Crippen LogP contribution in [0.1, 0.15) is 19.8 Å². The second kappa shape index (κ2) is 6.07. The lowest BCUT2D eigenvalue weighted by atomic mass is 10.0. The molecule has 0 radical (unpaired) electrons. The predicted octanol–water partition coefficient (Wildman–Crippen LogP) is 0.373. The summed E-state index contributed by atoms with van der Waals surface area (Å²) in [6, 6.07) is 0.339. The monoisotopic (exact) mass is 257 g/mol. The van der Waals surface area contributed by atoms with Crippen LogP contribution in [-0.4, -0.2) is 65.5 Å². The van der Waals surface area contributed by atoms with Crippen molar-refractivity contribution in [1.82, 2.24) is 9.80 Å². The van der Waals surface area contributed by atoms with E-state index >= 15 is 0 Å². The average molecular weight is 257 g/mol. The van der Waals surface area contributed by atoms with E-state index in [1.54, 1.807) is 6.92 Å². The standard InChI is InChI=1S/C12H23N3OS/c1-10(13)12(16)15-4-2-11(3-5-15)14-6-8-17-9-7-14/h10-11H,2-9,13H2,1H3/t10-/m0/s1. The first-order valence-electron chi connectivity index (χ1n) is 6.54. The molecule has 0 saturated carbocycles. The smallest absolute Gasteiger partial charge is 0.239 e. The molecule has 98 valence electrons. The molecule has 0 aromatic carbocycles. The van der Waals surface area contributed by atoms with Gasteiger partial charge in [0.1, 0.15) is 0 Å². The number of rotatable bonds is 2. The van der Waals surface area contributed by atoms with Crippen molar-refractivity contribution >= 4 is 17.7 Å². The number of amides is 1. The van der Waals surface area contributed by atoms with Gasteiger partial charge in [0.05, 0.1) is 6.04 Å². The maximum atomic E-state index is 11.8. The van der Waals surface area contributed by atoms with E-state index in [2.05, 4.69) is 4.90 Å².